The van der Waals surface area contributed by atoms with E-state index in [1.807, 2.05) is 42.1 Å². The molecule has 0 radical (unpaired) electrons. The van der Waals surface area contributed by atoms with Gasteiger partial charge in [-0.05, 0) is 35.7 Å². The molecule has 1 atom stereocenters. The highest BCUT2D eigenvalue weighted by Crippen LogP contribution is 2.33. The summed E-state index contributed by atoms with van der Waals surface area (Å²) >= 11 is 3.61. The summed E-state index contributed by atoms with van der Waals surface area (Å²) in [7, 11) is -1.54. The van der Waals surface area contributed by atoms with Crippen LogP contribution < -0.4 is 4.90 Å². The Hall–Kier alpha value is -2.24. The fraction of sp³-hybridized carbons (Fsp3) is 0.444. The molecule has 2 aliphatic heterocycles. The lowest BCUT2D eigenvalue weighted by molar-refractivity contribution is 0.0406. The first-order chi connectivity index (χ1) is 17.9. The van der Waals surface area contributed by atoms with Crippen molar-refractivity contribution in [2.24, 2.45) is 7.05 Å². The molecule has 3 aromatic rings. The van der Waals surface area contributed by atoms with Crippen molar-refractivity contribution >= 4 is 31.6 Å². The molecular weight excluding hydrogens is 554 g/mol. The number of benzene rings is 2. The lowest BCUT2D eigenvalue weighted by atomic mass is 10.1. The van der Waals surface area contributed by atoms with Crippen LogP contribution in [-0.4, -0.2) is 78.4 Å². The van der Waals surface area contributed by atoms with Crippen LogP contribution in [0.15, 0.2) is 65.5 Å². The summed E-state index contributed by atoms with van der Waals surface area (Å²) in [5.74, 6) is 0.101. The van der Waals surface area contributed by atoms with E-state index in [-0.39, 0.29) is 11.8 Å². The predicted octanol–water partition coefficient (Wildman–Crippen LogP) is 3.28. The van der Waals surface area contributed by atoms with Gasteiger partial charge in [-0.1, -0.05) is 46.3 Å². The molecule has 0 aliphatic carbocycles. The van der Waals surface area contributed by atoms with Crippen LogP contribution in [0.3, 0.4) is 0 Å². The second kappa shape index (κ2) is 11.7. The zero-order valence-electron chi connectivity index (χ0n) is 21.2. The SMILES string of the molecule is Cn1cncc1CN1CC(Cc2ccccc2)N(S(=O)(=O)CCN2CCOCC2)Cc2cc(Br)ccc21. The van der Waals surface area contributed by atoms with Crippen LogP contribution in [0, 0.1) is 0 Å². The molecule has 198 valence electrons. The fourth-order valence-electron chi connectivity index (χ4n) is 5.18. The normalized spacial score (nSPS) is 19.5. The highest BCUT2D eigenvalue weighted by molar-refractivity contribution is 9.10. The van der Waals surface area contributed by atoms with Crippen molar-refractivity contribution in [2.45, 2.75) is 25.6 Å². The van der Waals surface area contributed by atoms with Crippen molar-refractivity contribution in [3.05, 3.63) is 82.3 Å². The number of ether oxygens (including phenoxy) is 1. The lowest BCUT2D eigenvalue weighted by Gasteiger charge is -2.33. The largest absolute Gasteiger partial charge is 0.379 e. The van der Waals surface area contributed by atoms with E-state index in [1.165, 1.54) is 0 Å². The molecule has 0 amide bonds. The third-order valence-electron chi connectivity index (χ3n) is 7.26. The quantitative estimate of drug-likeness (QED) is 0.403. The van der Waals surface area contributed by atoms with Crippen molar-refractivity contribution in [1.82, 2.24) is 18.8 Å². The van der Waals surface area contributed by atoms with Crippen LogP contribution in [-0.2, 0) is 41.3 Å². The highest BCUT2D eigenvalue weighted by atomic mass is 79.9. The summed E-state index contributed by atoms with van der Waals surface area (Å²) in [6.45, 7) is 4.97. The minimum atomic E-state index is -3.53. The monoisotopic (exact) mass is 587 g/mol. The number of aromatic nitrogens is 2. The van der Waals surface area contributed by atoms with E-state index >= 15 is 0 Å². The van der Waals surface area contributed by atoms with Gasteiger partial charge in [-0.15, -0.1) is 0 Å². The van der Waals surface area contributed by atoms with E-state index in [0.717, 1.165) is 40.1 Å². The van der Waals surface area contributed by atoms with E-state index < -0.39 is 10.0 Å². The average molecular weight is 589 g/mol. The summed E-state index contributed by atoms with van der Waals surface area (Å²) in [6, 6.07) is 16.2. The first-order valence-electron chi connectivity index (χ1n) is 12.7. The molecule has 1 unspecified atom stereocenters. The molecule has 0 spiro atoms. The number of imidazole rings is 1. The van der Waals surface area contributed by atoms with Gasteiger partial charge in [0.25, 0.3) is 0 Å². The number of halogens is 1. The minimum absolute atomic E-state index is 0.101. The zero-order chi connectivity index (χ0) is 25.8. The molecule has 2 aromatic carbocycles. The Labute approximate surface area is 228 Å². The molecular formula is C27H34BrN5O3S. The van der Waals surface area contributed by atoms with Gasteiger partial charge in [0.15, 0.2) is 0 Å². The zero-order valence-corrected chi connectivity index (χ0v) is 23.6. The number of hydrogen-bond donors (Lipinski definition) is 0. The number of hydrogen-bond acceptors (Lipinski definition) is 6. The molecule has 10 heteroatoms. The van der Waals surface area contributed by atoms with Gasteiger partial charge in [-0.3, -0.25) is 4.90 Å². The van der Waals surface area contributed by atoms with Gasteiger partial charge in [0.1, 0.15) is 0 Å². The molecule has 5 rings (SSSR count). The molecule has 1 aromatic heterocycles. The number of sulfonamides is 1. The Kier molecular flexibility index (Phi) is 8.31. The maximum atomic E-state index is 14.0. The van der Waals surface area contributed by atoms with Gasteiger partial charge < -0.3 is 14.2 Å². The Balaban J connectivity index is 1.49. The van der Waals surface area contributed by atoms with E-state index in [0.29, 0.717) is 45.8 Å². The van der Waals surface area contributed by atoms with Gasteiger partial charge in [-0.2, -0.15) is 4.31 Å². The molecule has 1 fully saturated rings. The van der Waals surface area contributed by atoms with E-state index in [9.17, 15) is 8.42 Å². The third kappa shape index (κ3) is 6.43. The van der Waals surface area contributed by atoms with Gasteiger partial charge in [0.05, 0.1) is 37.5 Å². The van der Waals surface area contributed by atoms with Crippen molar-refractivity contribution < 1.29 is 13.2 Å². The molecule has 2 aliphatic rings. The number of aryl methyl sites for hydroxylation is 1. The molecule has 1 saturated heterocycles. The number of anilines is 1. The number of rotatable bonds is 8. The Morgan fingerprint density at radius 2 is 1.89 bits per heavy atom. The van der Waals surface area contributed by atoms with Crippen molar-refractivity contribution in [3.8, 4) is 0 Å². The minimum Gasteiger partial charge on any atom is -0.379 e. The Bertz CT molecular complexity index is 1290. The second-order valence-electron chi connectivity index (χ2n) is 9.81. The predicted molar refractivity (Wildman–Crippen MR) is 149 cm³/mol. The first kappa shape index (κ1) is 26.4. The van der Waals surface area contributed by atoms with Crippen molar-refractivity contribution in [2.75, 3.05) is 50.0 Å². The van der Waals surface area contributed by atoms with Crippen LogP contribution in [0.25, 0.3) is 0 Å². The van der Waals surface area contributed by atoms with Crippen LogP contribution in [0.1, 0.15) is 16.8 Å². The Morgan fingerprint density at radius 1 is 1.11 bits per heavy atom. The summed E-state index contributed by atoms with van der Waals surface area (Å²) in [5.41, 5.74) is 4.28. The van der Waals surface area contributed by atoms with Crippen LogP contribution in [0.2, 0.25) is 0 Å². The lowest BCUT2D eigenvalue weighted by Crippen LogP contribution is -2.48. The molecule has 3 heterocycles. The number of morpholine rings is 1. The summed E-state index contributed by atoms with van der Waals surface area (Å²) < 4.78 is 38.1. The molecule has 37 heavy (non-hydrogen) atoms. The second-order valence-corrected chi connectivity index (χ2v) is 12.8. The molecule has 0 N–H and O–H groups in total. The van der Waals surface area contributed by atoms with Crippen molar-refractivity contribution in [1.29, 1.82) is 0 Å². The smallest absolute Gasteiger partial charge is 0.215 e. The highest BCUT2D eigenvalue weighted by Gasteiger charge is 2.36. The fourth-order valence-corrected chi connectivity index (χ4v) is 7.24. The topological polar surface area (TPSA) is 70.9 Å². The van der Waals surface area contributed by atoms with Gasteiger partial charge >= 0.3 is 0 Å². The summed E-state index contributed by atoms with van der Waals surface area (Å²) in [4.78, 5) is 8.79. The number of nitrogens with zero attached hydrogens (tertiary/aromatic N) is 5. The first-order valence-corrected chi connectivity index (χ1v) is 15.1. The van der Waals surface area contributed by atoms with E-state index in [4.69, 9.17) is 4.74 Å². The van der Waals surface area contributed by atoms with Crippen LogP contribution in [0.5, 0.6) is 0 Å². The van der Waals surface area contributed by atoms with E-state index in [1.54, 1.807) is 10.6 Å². The van der Waals surface area contributed by atoms with Crippen molar-refractivity contribution in [3.63, 3.8) is 0 Å². The number of fused-ring (bicyclic) bond motifs is 1. The molecule has 0 bridgehead atoms. The Morgan fingerprint density at radius 3 is 2.62 bits per heavy atom. The van der Waals surface area contributed by atoms with E-state index in [2.05, 4.69) is 55.0 Å². The summed E-state index contributed by atoms with van der Waals surface area (Å²) in [5, 5.41) is 0. The average Bonchev–Trinajstić information content (AvgIpc) is 3.23. The van der Waals surface area contributed by atoms with Gasteiger partial charge in [0.2, 0.25) is 10.0 Å². The third-order valence-corrected chi connectivity index (χ3v) is 9.59. The van der Waals surface area contributed by atoms with Crippen LogP contribution >= 0.6 is 15.9 Å². The maximum Gasteiger partial charge on any atom is 0.215 e. The summed E-state index contributed by atoms with van der Waals surface area (Å²) in [6.07, 6.45) is 4.33. The molecule has 0 saturated carbocycles. The van der Waals surface area contributed by atoms with Gasteiger partial charge in [0, 0.05) is 62.2 Å². The van der Waals surface area contributed by atoms with Gasteiger partial charge in [-0.25, -0.2) is 13.4 Å². The standard InChI is InChI=1S/C27H34BrN5O3S/c1-30-21-29-17-26(30)20-32-19-25(15-22-5-3-2-4-6-22)33(18-23-16-24(28)7-8-27(23)32)37(34,35)14-11-31-9-12-36-13-10-31/h2-8,16-17,21,25H,9-15,18-20H2,1H3. The molecule has 8 nitrogen and oxygen atoms in total. The maximum absolute atomic E-state index is 14.0. The van der Waals surface area contributed by atoms with Crippen LogP contribution in [0.4, 0.5) is 5.69 Å².